The van der Waals surface area contributed by atoms with Crippen molar-refractivity contribution in [3.8, 4) is 0 Å². The molecule has 0 amide bonds. The second-order valence-corrected chi connectivity index (χ2v) is 3.72. The summed E-state index contributed by atoms with van der Waals surface area (Å²) >= 11 is 0. The largest absolute Gasteiger partial charge is 0.392 e. The van der Waals surface area contributed by atoms with Gasteiger partial charge in [0.1, 0.15) is 0 Å². The second kappa shape index (κ2) is 3.85. The normalized spacial score (nSPS) is 26.3. The summed E-state index contributed by atoms with van der Waals surface area (Å²) in [5.74, 6) is 0.0999. The fourth-order valence-corrected chi connectivity index (χ4v) is 1.54. The van der Waals surface area contributed by atoms with Gasteiger partial charge in [-0.05, 0) is 24.8 Å². The summed E-state index contributed by atoms with van der Waals surface area (Å²) in [5.41, 5.74) is 0. The van der Waals surface area contributed by atoms with E-state index in [9.17, 15) is 9.90 Å². The summed E-state index contributed by atoms with van der Waals surface area (Å²) in [7, 11) is 0. The first-order chi connectivity index (χ1) is 5.63. The molecule has 0 aromatic heterocycles. The molecule has 1 rings (SSSR count). The van der Waals surface area contributed by atoms with Crippen LogP contribution >= 0.6 is 0 Å². The molecule has 2 heteroatoms. The monoisotopic (exact) mass is 168 g/mol. The Kier molecular flexibility index (Phi) is 3.04. The van der Waals surface area contributed by atoms with Crippen LogP contribution in [-0.4, -0.2) is 17.0 Å². The van der Waals surface area contributed by atoms with Crippen molar-refractivity contribution in [3.05, 3.63) is 12.2 Å². The zero-order valence-corrected chi connectivity index (χ0v) is 7.66. The van der Waals surface area contributed by atoms with Gasteiger partial charge in [0.15, 0.2) is 5.78 Å². The van der Waals surface area contributed by atoms with Gasteiger partial charge in [-0.15, -0.1) is 0 Å². The van der Waals surface area contributed by atoms with Crippen LogP contribution in [0.2, 0.25) is 0 Å². The number of carbonyl (C=O) groups excluding carboxylic acids is 1. The molecule has 0 saturated carbocycles. The maximum absolute atomic E-state index is 11.3. The SMILES string of the molecule is CC(C)[C@H](O)[C@@H]1CCC=CC1=O. The number of carbonyl (C=O) groups is 1. The van der Waals surface area contributed by atoms with E-state index in [4.69, 9.17) is 0 Å². The quantitative estimate of drug-likeness (QED) is 0.679. The molecular weight excluding hydrogens is 152 g/mol. The minimum Gasteiger partial charge on any atom is -0.392 e. The van der Waals surface area contributed by atoms with Crippen molar-refractivity contribution in [1.29, 1.82) is 0 Å². The first kappa shape index (κ1) is 9.46. The Morgan fingerprint density at radius 3 is 2.75 bits per heavy atom. The summed E-state index contributed by atoms with van der Waals surface area (Å²) < 4.78 is 0. The highest BCUT2D eigenvalue weighted by atomic mass is 16.3. The van der Waals surface area contributed by atoms with Crippen LogP contribution in [0.15, 0.2) is 12.2 Å². The number of rotatable bonds is 2. The topological polar surface area (TPSA) is 37.3 Å². The van der Waals surface area contributed by atoms with Gasteiger partial charge in [0.2, 0.25) is 0 Å². The van der Waals surface area contributed by atoms with Gasteiger partial charge in [0, 0.05) is 5.92 Å². The lowest BCUT2D eigenvalue weighted by molar-refractivity contribution is -0.123. The first-order valence-corrected chi connectivity index (χ1v) is 4.51. The van der Waals surface area contributed by atoms with Crippen LogP contribution in [0.4, 0.5) is 0 Å². The molecule has 1 aliphatic rings. The number of hydrogen-bond donors (Lipinski definition) is 1. The van der Waals surface area contributed by atoms with Crippen molar-refractivity contribution in [2.45, 2.75) is 32.8 Å². The van der Waals surface area contributed by atoms with E-state index in [1.54, 1.807) is 6.08 Å². The molecule has 0 bridgehead atoms. The average molecular weight is 168 g/mol. The van der Waals surface area contributed by atoms with Gasteiger partial charge < -0.3 is 5.11 Å². The highest BCUT2D eigenvalue weighted by molar-refractivity contribution is 5.92. The van der Waals surface area contributed by atoms with Crippen molar-refractivity contribution in [2.75, 3.05) is 0 Å². The first-order valence-electron chi connectivity index (χ1n) is 4.51. The summed E-state index contributed by atoms with van der Waals surface area (Å²) in [4.78, 5) is 11.3. The van der Waals surface area contributed by atoms with Gasteiger partial charge in [0.05, 0.1) is 6.10 Å². The lowest BCUT2D eigenvalue weighted by Gasteiger charge is -2.25. The predicted molar refractivity (Wildman–Crippen MR) is 47.7 cm³/mol. The summed E-state index contributed by atoms with van der Waals surface area (Å²) in [6.45, 7) is 3.88. The van der Waals surface area contributed by atoms with E-state index >= 15 is 0 Å². The van der Waals surface area contributed by atoms with E-state index < -0.39 is 6.10 Å². The molecule has 0 unspecified atom stereocenters. The predicted octanol–water partition coefficient (Wildman–Crippen LogP) is 1.54. The molecule has 0 aromatic rings. The Morgan fingerprint density at radius 2 is 2.25 bits per heavy atom. The standard InChI is InChI=1S/C10H16O2/c1-7(2)10(12)8-5-3-4-6-9(8)11/h4,6-8,10,12H,3,5H2,1-2H3/t8-,10+/m1/s1. The molecule has 2 nitrogen and oxygen atoms in total. The Bertz CT molecular complexity index is 194. The van der Waals surface area contributed by atoms with Gasteiger partial charge >= 0.3 is 0 Å². The van der Waals surface area contributed by atoms with E-state index in [0.29, 0.717) is 0 Å². The van der Waals surface area contributed by atoms with E-state index in [-0.39, 0.29) is 17.6 Å². The molecule has 0 spiro atoms. The number of allylic oxidation sites excluding steroid dienone is 2. The summed E-state index contributed by atoms with van der Waals surface area (Å²) in [5, 5.41) is 9.67. The maximum atomic E-state index is 11.3. The lowest BCUT2D eigenvalue weighted by atomic mass is 9.83. The van der Waals surface area contributed by atoms with Crippen LogP contribution in [0.1, 0.15) is 26.7 Å². The van der Waals surface area contributed by atoms with Crippen molar-refractivity contribution in [3.63, 3.8) is 0 Å². The number of hydrogen-bond acceptors (Lipinski definition) is 2. The zero-order chi connectivity index (χ0) is 9.14. The molecule has 0 aliphatic heterocycles. The molecule has 12 heavy (non-hydrogen) atoms. The summed E-state index contributed by atoms with van der Waals surface area (Å²) in [6.07, 6.45) is 4.72. The van der Waals surface area contributed by atoms with E-state index in [0.717, 1.165) is 12.8 Å². The molecular formula is C10H16O2. The Labute approximate surface area is 73.3 Å². The fourth-order valence-electron chi connectivity index (χ4n) is 1.54. The van der Waals surface area contributed by atoms with Crippen molar-refractivity contribution in [1.82, 2.24) is 0 Å². The van der Waals surface area contributed by atoms with E-state index in [1.807, 2.05) is 19.9 Å². The Hall–Kier alpha value is -0.630. The fraction of sp³-hybridized carbons (Fsp3) is 0.700. The van der Waals surface area contributed by atoms with Crippen LogP contribution in [0.5, 0.6) is 0 Å². The minimum atomic E-state index is -0.470. The van der Waals surface area contributed by atoms with Crippen LogP contribution in [-0.2, 0) is 4.79 Å². The molecule has 0 radical (unpaired) electrons. The van der Waals surface area contributed by atoms with Gasteiger partial charge in [-0.1, -0.05) is 19.9 Å². The van der Waals surface area contributed by atoms with Crippen LogP contribution in [0.3, 0.4) is 0 Å². The second-order valence-electron chi connectivity index (χ2n) is 3.72. The van der Waals surface area contributed by atoms with Crippen molar-refractivity contribution < 1.29 is 9.90 Å². The van der Waals surface area contributed by atoms with E-state index in [2.05, 4.69) is 0 Å². The highest BCUT2D eigenvalue weighted by Crippen LogP contribution is 2.22. The number of aliphatic hydroxyl groups is 1. The van der Waals surface area contributed by atoms with Gasteiger partial charge in [-0.3, -0.25) is 4.79 Å². The maximum Gasteiger partial charge on any atom is 0.161 e. The molecule has 1 N–H and O–H groups in total. The average Bonchev–Trinajstić information content (AvgIpc) is 2.04. The third-order valence-electron chi connectivity index (χ3n) is 2.39. The Balaban J connectivity index is 2.62. The number of ketones is 1. The molecule has 1 aliphatic carbocycles. The van der Waals surface area contributed by atoms with Gasteiger partial charge in [-0.2, -0.15) is 0 Å². The third-order valence-corrected chi connectivity index (χ3v) is 2.39. The zero-order valence-electron chi connectivity index (χ0n) is 7.66. The molecule has 0 aromatic carbocycles. The third kappa shape index (κ3) is 1.95. The molecule has 0 saturated heterocycles. The lowest BCUT2D eigenvalue weighted by Crippen LogP contribution is -2.32. The van der Waals surface area contributed by atoms with Crippen molar-refractivity contribution in [2.24, 2.45) is 11.8 Å². The summed E-state index contributed by atoms with van der Waals surface area (Å²) in [6, 6.07) is 0. The van der Waals surface area contributed by atoms with Gasteiger partial charge in [-0.25, -0.2) is 0 Å². The smallest absolute Gasteiger partial charge is 0.161 e. The van der Waals surface area contributed by atoms with E-state index in [1.165, 1.54) is 0 Å². The van der Waals surface area contributed by atoms with Crippen molar-refractivity contribution >= 4 is 5.78 Å². The highest BCUT2D eigenvalue weighted by Gasteiger charge is 2.28. The molecule has 0 fully saturated rings. The van der Waals surface area contributed by atoms with Crippen LogP contribution in [0.25, 0.3) is 0 Å². The van der Waals surface area contributed by atoms with Crippen LogP contribution < -0.4 is 0 Å². The number of aliphatic hydroxyl groups excluding tert-OH is 1. The molecule has 0 heterocycles. The Morgan fingerprint density at radius 1 is 1.58 bits per heavy atom. The minimum absolute atomic E-state index is 0.0856. The van der Waals surface area contributed by atoms with Gasteiger partial charge in [0.25, 0.3) is 0 Å². The molecule has 2 atom stereocenters. The van der Waals surface area contributed by atoms with Crippen LogP contribution in [0, 0.1) is 11.8 Å². The molecule has 68 valence electrons.